The number of nitrogens with zero attached hydrogens (tertiary/aromatic N) is 2. The predicted octanol–water partition coefficient (Wildman–Crippen LogP) is 6.98. The number of carbonyl (C=O) groups is 1. The number of esters is 1. The molecule has 3 aromatic carbocycles. The van der Waals surface area contributed by atoms with Crippen molar-refractivity contribution in [2.45, 2.75) is 20.8 Å². The number of aromatic nitrogens is 1. The van der Waals surface area contributed by atoms with Crippen molar-refractivity contribution in [1.82, 2.24) is 4.98 Å². The number of rotatable bonds is 5. The lowest BCUT2D eigenvalue weighted by Crippen LogP contribution is -2.06. The van der Waals surface area contributed by atoms with Crippen molar-refractivity contribution < 1.29 is 18.4 Å². The van der Waals surface area contributed by atoms with Gasteiger partial charge in [-0.05, 0) is 97.6 Å². The molecule has 0 atom stereocenters. The lowest BCUT2D eigenvalue weighted by atomic mass is 10.1. The molecule has 0 amide bonds. The van der Waals surface area contributed by atoms with E-state index in [2.05, 4.69) is 18.0 Å². The number of oxazole rings is 1. The van der Waals surface area contributed by atoms with E-state index in [0.29, 0.717) is 11.6 Å². The Balaban J connectivity index is 1.36. The van der Waals surface area contributed by atoms with Crippen molar-refractivity contribution in [3.63, 3.8) is 0 Å². The number of hydrogen-bond acceptors (Lipinski definition) is 6. The molecular formula is C28H22N2O4. The Morgan fingerprint density at radius 3 is 2.59 bits per heavy atom. The average Bonchev–Trinajstić information content (AvgIpc) is 3.50. The van der Waals surface area contributed by atoms with E-state index in [0.717, 1.165) is 44.6 Å². The highest BCUT2D eigenvalue weighted by Gasteiger charge is 2.14. The standard InChI is InChI=1S/C28H22N2O4/c1-17-14-18(2)26-24(15-17)30-27(34-26)22-6-4-7-23(19(22)3)29-16-20-9-11-21(12-10-20)33-28(31)25-8-5-13-32-25/h4-16H,1-3H3. The number of ether oxygens (including phenoxy) is 1. The van der Waals surface area contributed by atoms with Crippen LogP contribution in [0.3, 0.4) is 0 Å². The molecule has 34 heavy (non-hydrogen) atoms. The van der Waals surface area contributed by atoms with Gasteiger partial charge in [0.25, 0.3) is 0 Å². The first-order valence-corrected chi connectivity index (χ1v) is 10.9. The highest BCUT2D eigenvalue weighted by molar-refractivity contribution is 5.88. The zero-order valence-electron chi connectivity index (χ0n) is 19.0. The molecule has 168 valence electrons. The van der Waals surface area contributed by atoms with Crippen LogP contribution in [0.5, 0.6) is 5.75 Å². The maximum atomic E-state index is 12.0. The minimum Gasteiger partial charge on any atom is -0.457 e. The van der Waals surface area contributed by atoms with E-state index >= 15 is 0 Å². The van der Waals surface area contributed by atoms with Gasteiger partial charge in [0.1, 0.15) is 11.3 Å². The fraction of sp³-hybridized carbons (Fsp3) is 0.107. The molecular weight excluding hydrogens is 428 g/mol. The van der Waals surface area contributed by atoms with Gasteiger partial charge in [-0.25, -0.2) is 9.78 Å². The van der Waals surface area contributed by atoms with Gasteiger partial charge in [-0.3, -0.25) is 4.99 Å². The van der Waals surface area contributed by atoms with E-state index in [-0.39, 0.29) is 5.76 Å². The number of aryl methyl sites for hydroxylation is 2. The van der Waals surface area contributed by atoms with Crippen molar-refractivity contribution in [1.29, 1.82) is 0 Å². The molecule has 0 saturated carbocycles. The molecule has 0 saturated heterocycles. The molecule has 0 radical (unpaired) electrons. The number of carbonyl (C=O) groups excluding carboxylic acids is 1. The van der Waals surface area contributed by atoms with Crippen molar-refractivity contribution in [2.75, 3.05) is 0 Å². The summed E-state index contributed by atoms with van der Waals surface area (Å²) in [5.74, 6) is 0.632. The lowest BCUT2D eigenvalue weighted by molar-refractivity contribution is 0.0701. The number of aliphatic imine (C=N–C) groups is 1. The molecule has 0 bridgehead atoms. The van der Waals surface area contributed by atoms with Crippen LogP contribution >= 0.6 is 0 Å². The minimum atomic E-state index is -0.539. The molecule has 0 aliphatic rings. The van der Waals surface area contributed by atoms with Crippen LogP contribution in [0.1, 0.15) is 32.8 Å². The molecule has 0 fully saturated rings. The third kappa shape index (κ3) is 4.26. The smallest absolute Gasteiger partial charge is 0.379 e. The zero-order chi connectivity index (χ0) is 23.7. The van der Waals surface area contributed by atoms with E-state index < -0.39 is 5.97 Å². The predicted molar refractivity (Wildman–Crippen MR) is 131 cm³/mol. The first kappa shape index (κ1) is 21.4. The second kappa shape index (κ2) is 8.83. The van der Waals surface area contributed by atoms with E-state index in [1.54, 1.807) is 30.5 Å². The van der Waals surface area contributed by atoms with Crippen molar-refractivity contribution in [3.05, 3.63) is 101 Å². The highest BCUT2D eigenvalue weighted by atomic mass is 16.5. The topological polar surface area (TPSA) is 77.8 Å². The van der Waals surface area contributed by atoms with Crippen LogP contribution in [0.25, 0.3) is 22.6 Å². The van der Waals surface area contributed by atoms with Gasteiger partial charge >= 0.3 is 5.97 Å². The third-order valence-corrected chi connectivity index (χ3v) is 5.52. The summed E-state index contributed by atoms with van der Waals surface area (Å²) in [5, 5.41) is 0. The Morgan fingerprint density at radius 2 is 1.82 bits per heavy atom. The Hall–Kier alpha value is -4.45. The van der Waals surface area contributed by atoms with Crippen LogP contribution < -0.4 is 4.74 Å². The van der Waals surface area contributed by atoms with E-state index in [4.69, 9.17) is 18.6 Å². The summed E-state index contributed by atoms with van der Waals surface area (Å²) >= 11 is 0. The Kier molecular flexibility index (Phi) is 5.55. The van der Waals surface area contributed by atoms with Crippen molar-refractivity contribution in [3.8, 4) is 17.2 Å². The number of benzene rings is 3. The molecule has 0 unspecified atom stereocenters. The first-order valence-electron chi connectivity index (χ1n) is 10.9. The average molecular weight is 450 g/mol. The molecule has 5 rings (SSSR count). The molecule has 0 aliphatic heterocycles. The van der Waals surface area contributed by atoms with E-state index in [1.165, 1.54) is 6.26 Å². The summed E-state index contributed by atoms with van der Waals surface area (Å²) in [6.45, 7) is 6.09. The molecule has 5 aromatic rings. The van der Waals surface area contributed by atoms with Crippen LogP contribution in [0.15, 0.2) is 86.8 Å². The second-order valence-electron chi connectivity index (χ2n) is 8.09. The molecule has 6 heteroatoms. The van der Waals surface area contributed by atoms with Crippen LogP contribution in [-0.2, 0) is 0 Å². The maximum absolute atomic E-state index is 12.0. The Bertz CT molecular complexity index is 1510. The van der Waals surface area contributed by atoms with E-state index in [1.807, 2.05) is 50.2 Å². The van der Waals surface area contributed by atoms with Gasteiger partial charge in [-0.1, -0.05) is 12.1 Å². The normalized spacial score (nSPS) is 11.4. The summed E-state index contributed by atoms with van der Waals surface area (Å²) in [7, 11) is 0. The molecule has 2 heterocycles. The molecule has 0 aliphatic carbocycles. The summed E-state index contributed by atoms with van der Waals surface area (Å²) in [6, 6.07) is 20.3. The highest BCUT2D eigenvalue weighted by Crippen LogP contribution is 2.33. The summed E-state index contributed by atoms with van der Waals surface area (Å²) in [4.78, 5) is 21.4. The van der Waals surface area contributed by atoms with Gasteiger partial charge in [0.05, 0.1) is 12.0 Å². The summed E-state index contributed by atoms with van der Waals surface area (Å²) in [6.07, 6.45) is 3.20. The molecule has 2 aromatic heterocycles. The minimum absolute atomic E-state index is 0.158. The monoisotopic (exact) mass is 450 g/mol. The van der Waals surface area contributed by atoms with E-state index in [9.17, 15) is 4.79 Å². The van der Waals surface area contributed by atoms with Crippen LogP contribution in [0.4, 0.5) is 5.69 Å². The van der Waals surface area contributed by atoms with Crippen molar-refractivity contribution in [2.24, 2.45) is 4.99 Å². The van der Waals surface area contributed by atoms with Gasteiger partial charge in [0, 0.05) is 11.8 Å². The van der Waals surface area contributed by atoms with Crippen molar-refractivity contribution >= 4 is 29.0 Å². The van der Waals surface area contributed by atoms with Gasteiger partial charge in [-0.2, -0.15) is 0 Å². The summed E-state index contributed by atoms with van der Waals surface area (Å²) in [5.41, 5.74) is 7.46. The fourth-order valence-corrected chi connectivity index (χ4v) is 3.80. The van der Waals surface area contributed by atoms with Gasteiger partial charge < -0.3 is 13.6 Å². The van der Waals surface area contributed by atoms with Gasteiger partial charge in [0.15, 0.2) is 5.58 Å². The zero-order valence-corrected chi connectivity index (χ0v) is 19.0. The van der Waals surface area contributed by atoms with Crippen LogP contribution in [-0.4, -0.2) is 17.2 Å². The van der Waals surface area contributed by atoms with Gasteiger partial charge in [0.2, 0.25) is 11.7 Å². The van der Waals surface area contributed by atoms with Crippen LogP contribution in [0, 0.1) is 20.8 Å². The summed E-state index contributed by atoms with van der Waals surface area (Å²) < 4.78 is 16.5. The quantitative estimate of drug-likeness (QED) is 0.164. The molecule has 0 N–H and O–H groups in total. The molecule has 0 spiro atoms. The van der Waals surface area contributed by atoms with Crippen LogP contribution in [0.2, 0.25) is 0 Å². The molecule has 6 nitrogen and oxygen atoms in total. The third-order valence-electron chi connectivity index (χ3n) is 5.52. The van der Waals surface area contributed by atoms with Gasteiger partial charge in [-0.15, -0.1) is 0 Å². The largest absolute Gasteiger partial charge is 0.457 e. The Morgan fingerprint density at radius 1 is 1.00 bits per heavy atom. The number of hydrogen-bond donors (Lipinski definition) is 0. The Labute approximate surface area is 196 Å². The first-order chi connectivity index (χ1) is 16.5. The SMILES string of the molecule is Cc1cc(C)c2oc(-c3cccc(N=Cc4ccc(OC(=O)c5ccco5)cc4)c3C)nc2c1. The number of furan rings is 1. The number of fused-ring (bicyclic) bond motifs is 1. The lowest BCUT2D eigenvalue weighted by Gasteiger charge is -2.05. The second-order valence-corrected chi connectivity index (χ2v) is 8.09. The maximum Gasteiger partial charge on any atom is 0.379 e. The fourth-order valence-electron chi connectivity index (χ4n) is 3.80.